The zero-order chi connectivity index (χ0) is 14.4. The van der Waals surface area contributed by atoms with Gasteiger partial charge in [0.25, 0.3) is 0 Å². The smallest absolute Gasteiger partial charge is 0.147 e. The molecule has 4 heteroatoms. The van der Waals surface area contributed by atoms with Crippen LogP contribution in [0.15, 0.2) is 18.2 Å². The zero-order valence-corrected chi connectivity index (χ0v) is 11.6. The Balaban J connectivity index is 2.23. The van der Waals surface area contributed by atoms with Gasteiger partial charge in [0.15, 0.2) is 0 Å². The molecule has 1 heterocycles. The lowest BCUT2D eigenvalue weighted by Crippen LogP contribution is -2.12. The summed E-state index contributed by atoms with van der Waals surface area (Å²) in [4.78, 5) is 0. The number of aliphatic hydroxyl groups excluding tert-OH is 1. The number of benzene rings is 1. The molecular formula is C16H17F2NO. The quantitative estimate of drug-likeness (QED) is 0.844. The number of aliphatic hydroxyl groups is 1. The third kappa shape index (κ3) is 1.95. The van der Waals surface area contributed by atoms with Gasteiger partial charge in [-0.15, -0.1) is 0 Å². The summed E-state index contributed by atoms with van der Waals surface area (Å²) < 4.78 is 29.7. The van der Waals surface area contributed by atoms with Crippen LogP contribution in [0.25, 0.3) is 5.69 Å². The van der Waals surface area contributed by atoms with Crippen molar-refractivity contribution in [1.29, 1.82) is 0 Å². The Morgan fingerprint density at radius 2 is 1.90 bits per heavy atom. The van der Waals surface area contributed by atoms with Crippen molar-refractivity contribution < 1.29 is 13.9 Å². The summed E-state index contributed by atoms with van der Waals surface area (Å²) in [6.45, 7) is 3.40. The van der Waals surface area contributed by atoms with Crippen LogP contribution in [-0.2, 0) is 6.42 Å². The third-order valence-electron chi connectivity index (χ3n) is 4.04. The molecule has 0 spiro atoms. The molecule has 0 saturated heterocycles. The van der Waals surface area contributed by atoms with Crippen molar-refractivity contribution in [3.05, 3.63) is 52.3 Å². The molecule has 1 aromatic heterocycles. The fraction of sp³-hybridized carbons (Fsp3) is 0.375. The third-order valence-corrected chi connectivity index (χ3v) is 4.04. The molecule has 0 bridgehead atoms. The van der Waals surface area contributed by atoms with Gasteiger partial charge in [0.1, 0.15) is 11.6 Å². The largest absolute Gasteiger partial charge is 0.388 e. The second kappa shape index (κ2) is 4.70. The summed E-state index contributed by atoms with van der Waals surface area (Å²) in [7, 11) is 0. The summed E-state index contributed by atoms with van der Waals surface area (Å²) in [6, 6.07) is 4.32. The molecule has 1 aliphatic rings. The minimum absolute atomic E-state index is 0.223. The van der Waals surface area contributed by atoms with Crippen LogP contribution in [0.1, 0.15) is 41.5 Å². The van der Waals surface area contributed by atoms with E-state index in [2.05, 4.69) is 0 Å². The number of fused-ring (bicyclic) bond motifs is 1. The van der Waals surface area contributed by atoms with E-state index in [1.807, 2.05) is 13.0 Å². The normalized spacial score (nSPS) is 18.1. The zero-order valence-electron chi connectivity index (χ0n) is 11.6. The lowest BCUT2D eigenvalue weighted by atomic mass is 9.95. The summed E-state index contributed by atoms with van der Waals surface area (Å²) in [5.74, 6) is -0.856. The molecule has 0 aliphatic heterocycles. The maximum absolute atomic E-state index is 14.2. The molecule has 20 heavy (non-hydrogen) atoms. The van der Waals surface area contributed by atoms with E-state index in [-0.39, 0.29) is 5.69 Å². The van der Waals surface area contributed by atoms with Crippen LogP contribution in [-0.4, -0.2) is 9.67 Å². The second-order valence-corrected chi connectivity index (χ2v) is 5.48. The van der Waals surface area contributed by atoms with E-state index >= 15 is 0 Å². The summed E-state index contributed by atoms with van der Waals surface area (Å²) in [6.07, 6.45) is 1.85. The maximum Gasteiger partial charge on any atom is 0.147 e. The van der Waals surface area contributed by atoms with Crippen molar-refractivity contribution in [3.63, 3.8) is 0 Å². The minimum atomic E-state index is -0.503. The Morgan fingerprint density at radius 3 is 2.65 bits per heavy atom. The monoisotopic (exact) mass is 277 g/mol. The highest BCUT2D eigenvalue weighted by molar-refractivity contribution is 5.45. The minimum Gasteiger partial charge on any atom is -0.388 e. The fourth-order valence-electron chi connectivity index (χ4n) is 3.02. The SMILES string of the molecule is Cc1cc(F)c(-n2c(C)cc3c2CCCC3O)cc1F. The van der Waals surface area contributed by atoms with Gasteiger partial charge in [-0.3, -0.25) is 0 Å². The Hall–Kier alpha value is -1.68. The number of aromatic nitrogens is 1. The Bertz CT molecular complexity index is 676. The van der Waals surface area contributed by atoms with Crippen molar-refractivity contribution in [2.24, 2.45) is 0 Å². The average molecular weight is 277 g/mol. The number of nitrogens with zero attached hydrogens (tertiary/aromatic N) is 1. The van der Waals surface area contributed by atoms with Crippen LogP contribution in [0.3, 0.4) is 0 Å². The van der Waals surface area contributed by atoms with Gasteiger partial charge in [-0.05, 0) is 50.8 Å². The Morgan fingerprint density at radius 1 is 1.15 bits per heavy atom. The molecule has 1 N–H and O–H groups in total. The first kappa shape index (κ1) is 13.3. The molecule has 0 radical (unpaired) electrons. The molecule has 2 nitrogen and oxygen atoms in total. The Kier molecular flexibility index (Phi) is 3.13. The van der Waals surface area contributed by atoms with Gasteiger partial charge in [0.05, 0.1) is 11.8 Å². The van der Waals surface area contributed by atoms with E-state index in [9.17, 15) is 13.9 Å². The lowest BCUT2D eigenvalue weighted by molar-refractivity contribution is 0.156. The number of rotatable bonds is 1. The van der Waals surface area contributed by atoms with Crippen LogP contribution in [0, 0.1) is 25.5 Å². The van der Waals surface area contributed by atoms with E-state index in [1.165, 1.54) is 12.1 Å². The molecule has 0 saturated carbocycles. The van der Waals surface area contributed by atoms with Gasteiger partial charge in [0, 0.05) is 23.0 Å². The molecule has 3 rings (SSSR count). The fourth-order valence-corrected chi connectivity index (χ4v) is 3.02. The van der Waals surface area contributed by atoms with Crippen LogP contribution >= 0.6 is 0 Å². The predicted molar refractivity (Wildman–Crippen MR) is 73.1 cm³/mol. The molecule has 1 unspecified atom stereocenters. The van der Waals surface area contributed by atoms with Gasteiger partial charge in [0.2, 0.25) is 0 Å². The van der Waals surface area contributed by atoms with Crippen LogP contribution in [0.2, 0.25) is 0 Å². The van der Waals surface area contributed by atoms with Gasteiger partial charge in [-0.1, -0.05) is 0 Å². The highest BCUT2D eigenvalue weighted by Crippen LogP contribution is 2.34. The van der Waals surface area contributed by atoms with E-state index in [4.69, 9.17) is 0 Å². The van der Waals surface area contributed by atoms with Crippen molar-refractivity contribution in [2.45, 2.75) is 39.2 Å². The first-order valence-electron chi connectivity index (χ1n) is 6.84. The summed E-state index contributed by atoms with van der Waals surface area (Å²) in [5.41, 5.74) is 3.07. The lowest BCUT2D eigenvalue weighted by Gasteiger charge is -2.21. The van der Waals surface area contributed by atoms with E-state index in [0.717, 1.165) is 36.2 Å². The van der Waals surface area contributed by atoms with Crippen LogP contribution in [0.5, 0.6) is 0 Å². The summed E-state index contributed by atoms with van der Waals surface area (Å²) >= 11 is 0. The molecule has 0 amide bonds. The van der Waals surface area contributed by atoms with Crippen molar-refractivity contribution in [3.8, 4) is 5.69 Å². The first-order valence-corrected chi connectivity index (χ1v) is 6.84. The Labute approximate surface area is 116 Å². The molecule has 1 aromatic carbocycles. The van der Waals surface area contributed by atoms with Crippen LogP contribution in [0.4, 0.5) is 8.78 Å². The second-order valence-electron chi connectivity index (χ2n) is 5.48. The van der Waals surface area contributed by atoms with Gasteiger partial charge >= 0.3 is 0 Å². The molecule has 1 aliphatic carbocycles. The molecule has 1 atom stereocenters. The van der Waals surface area contributed by atoms with E-state index in [0.29, 0.717) is 5.56 Å². The number of aryl methyl sites for hydroxylation is 2. The topological polar surface area (TPSA) is 25.2 Å². The first-order chi connectivity index (χ1) is 9.49. The average Bonchev–Trinajstić information content (AvgIpc) is 2.72. The highest BCUT2D eigenvalue weighted by Gasteiger charge is 2.25. The van der Waals surface area contributed by atoms with Crippen molar-refractivity contribution >= 4 is 0 Å². The summed E-state index contributed by atoms with van der Waals surface area (Å²) in [5, 5.41) is 10.0. The molecule has 106 valence electrons. The van der Waals surface area contributed by atoms with Gasteiger partial charge in [-0.25, -0.2) is 8.78 Å². The van der Waals surface area contributed by atoms with E-state index < -0.39 is 17.7 Å². The number of hydrogen-bond donors (Lipinski definition) is 1. The molecular weight excluding hydrogens is 260 g/mol. The van der Waals surface area contributed by atoms with Gasteiger partial charge in [-0.2, -0.15) is 0 Å². The van der Waals surface area contributed by atoms with Crippen molar-refractivity contribution in [1.82, 2.24) is 4.57 Å². The van der Waals surface area contributed by atoms with Crippen LogP contribution < -0.4 is 0 Å². The van der Waals surface area contributed by atoms with Gasteiger partial charge < -0.3 is 9.67 Å². The predicted octanol–water partition coefficient (Wildman–Crippen LogP) is 3.74. The highest BCUT2D eigenvalue weighted by atomic mass is 19.1. The molecule has 2 aromatic rings. The number of hydrogen-bond acceptors (Lipinski definition) is 1. The number of halogens is 2. The van der Waals surface area contributed by atoms with E-state index in [1.54, 1.807) is 11.5 Å². The maximum atomic E-state index is 14.2. The standard InChI is InChI=1S/C16H17F2NO/c1-9-6-13(18)15(8-12(9)17)19-10(2)7-11-14(19)4-3-5-16(11)20/h6-8,16,20H,3-5H2,1-2H3. The van der Waals surface area contributed by atoms with Crippen molar-refractivity contribution in [2.75, 3.05) is 0 Å². The molecule has 0 fully saturated rings.